The maximum absolute atomic E-state index is 4.37. The van der Waals surface area contributed by atoms with Gasteiger partial charge in [0.15, 0.2) is 0 Å². The third-order valence-corrected chi connectivity index (χ3v) is 2.73. The molecule has 1 N–H and O–H groups in total. The van der Waals surface area contributed by atoms with Crippen molar-refractivity contribution in [2.75, 3.05) is 0 Å². The SMILES string of the molecule is CCC(C)NCc1csc(C)n1. The molecule has 0 aliphatic carbocycles. The van der Waals surface area contributed by atoms with Gasteiger partial charge in [-0.3, -0.25) is 0 Å². The van der Waals surface area contributed by atoms with E-state index in [1.54, 1.807) is 11.3 Å². The Morgan fingerprint density at radius 2 is 2.42 bits per heavy atom. The standard InChI is InChI=1S/C9H16N2S/c1-4-7(2)10-5-9-6-12-8(3)11-9/h6-7,10H,4-5H2,1-3H3. The summed E-state index contributed by atoms with van der Waals surface area (Å²) in [6.07, 6.45) is 1.17. The highest BCUT2D eigenvalue weighted by molar-refractivity contribution is 7.09. The molecule has 2 nitrogen and oxygen atoms in total. The molecular weight excluding hydrogens is 168 g/mol. The number of hydrogen-bond acceptors (Lipinski definition) is 3. The van der Waals surface area contributed by atoms with Gasteiger partial charge in [-0.25, -0.2) is 4.98 Å². The van der Waals surface area contributed by atoms with Crippen LogP contribution in [0.3, 0.4) is 0 Å². The zero-order chi connectivity index (χ0) is 8.97. The molecule has 1 heterocycles. The normalized spacial score (nSPS) is 13.2. The second kappa shape index (κ2) is 4.58. The van der Waals surface area contributed by atoms with E-state index < -0.39 is 0 Å². The molecule has 0 fully saturated rings. The fourth-order valence-corrected chi connectivity index (χ4v) is 1.53. The molecule has 0 amide bonds. The summed E-state index contributed by atoms with van der Waals surface area (Å²) in [4.78, 5) is 4.37. The highest BCUT2D eigenvalue weighted by Crippen LogP contribution is 2.07. The maximum Gasteiger partial charge on any atom is 0.0897 e. The van der Waals surface area contributed by atoms with E-state index >= 15 is 0 Å². The van der Waals surface area contributed by atoms with E-state index in [2.05, 4.69) is 29.5 Å². The molecule has 12 heavy (non-hydrogen) atoms. The van der Waals surface area contributed by atoms with Crippen molar-refractivity contribution < 1.29 is 0 Å². The van der Waals surface area contributed by atoms with E-state index in [4.69, 9.17) is 0 Å². The molecule has 0 aliphatic heterocycles. The van der Waals surface area contributed by atoms with Crippen LogP contribution in [0.1, 0.15) is 31.0 Å². The molecule has 1 unspecified atom stereocenters. The second-order valence-electron chi connectivity index (χ2n) is 3.05. The lowest BCUT2D eigenvalue weighted by molar-refractivity contribution is 0.530. The van der Waals surface area contributed by atoms with Crippen molar-refractivity contribution in [3.05, 3.63) is 16.1 Å². The third-order valence-electron chi connectivity index (χ3n) is 1.91. The van der Waals surface area contributed by atoms with Crippen LogP contribution in [0, 0.1) is 6.92 Å². The Bertz CT molecular complexity index is 232. The Hall–Kier alpha value is -0.410. The van der Waals surface area contributed by atoms with Crippen LogP contribution in [-0.4, -0.2) is 11.0 Å². The minimum atomic E-state index is 0.590. The number of nitrogens with zero attached hydrogens (tertiary/aromatic N) is 1. The molecule has 1 rings (SSSR count). The number of nitrogens with one attached hydrogen (secondary N) is 1. The van der Waals surface area contributed by atoms with Crippen LogP contribution in [0.25, 0.3) is 0 Å². The molecule has 1 aromatic heterocycles. The van der Waals surface area contributed by atoms with Crippen LogP contribution >= 0.6 is 11.3 Å². The summed E-state index contributed by atoms with van der Waals surface area (Å²) in [6.45, 7) is 7.32. The number of thiazole rings is 1. The number of aromatic nitrogens is 1. The van der Waals surface area contributed by atoms with Crippen molar-refractivity contribution in [3.63, 3.8) is 0 Å². The zero-order valence-corrected chi connectivity index (χ0v) is 8.74. The fraction of sp³-hybridized carbons (Fsp3) is 0.667. The first-order valence-electron chi connectivity index (χ1n) is 4.36. The van der Waals surface area contributed by atoms with Crippen molar-refractivity contribution in [1.82, 2.24) is 10.3 Å². The zero-order valence-electron chi connectivity index (χ0n) is 7.92. The quantitative estimate of drug-likeness (QED) is 0.777. The van der Waals surface area contributed by atoms with E-state index in [1.165, 1.54) is 6.42 Å². The Labute approximate surface area is 78.0 Å². The monoisotopic (exact) mass is 184 g/mol. The molecule has 3 heteroatoms. The number of aryl methyl sites for hydroxylation is 1. The average Bonchev–Trinajstić information content (AvgIpc) is 2.47. The van der Waals surface area contributed by atoms with E-state index in [-0.39, 0.29) is 0 Å². The Balaban J connectivity index is 2.33. The van der Waals surface area contributed by atoms with E-state index in [9.17, 15) is 0 Å². The summed E-state index contributed by atoms with van der Waals surface area (Å²) < 4.78 is 0. The molecule has 0 saturated heterocycles. The van der Waals surface area contributed by atoms with Gasteiger partial charge in [-0.15, -0.1) is 11.3 Å². The van der Waals surface area contributed by atoms with Gasteiger partial charge in [0.1, 0.15) is 0 Å². The van der Waals surface area contributed by atoms with Crippen LogP contribution in [0.4, 0.5) is 0 Å². The molecule has 0 aromatic carbocycles. The Kier molecular flexibility index (Phi) is 3.69. The van der Waals surface area contributed by atoms with Crippen molar-refractivity contribution in [1.29, 1.82) is 0 Å². The summed E-state index contributed by atoms with van der Waals surface area (Å²) in [5.74, 6) is 0. The summed E-state index contributed by atoms with van der Waals surface area (Å²) in [5, 5.41) is 6.67. The molecule has 1 aromatic rings. The van der Waals surface area contributed by atoms with Gasteiger partial charge in [0.05, 0.1) is 10.7 Å². The van der Waals surface area contributed by atoms with Gasteiger partial charge < -0.3 is 5.32 Å². The lowest BCUT2D eigenvalue weighted by Crippen LogP contribution is -2.24. The van der Waals surface area contributed by atoms with Crippen LogP contribution in [0.2, 0.25) is 0 Å². The average molecular weight is 184 g/mol. The molecule has 0 bridgehead atoms. The van der Waals surface area contributed by atoms with E-state index in [1.807, 2.05) is 6.92 Å². The molecule has 0 saturated carbocycles. The van der Waals surface area contributed by atoms with Crippen LogP contribution in [-0.2, 0) is 6.54 Å². The molecular formula is C9H16N2S. The first-order chi connectivity index (χ1) is 5.72. The van der Waals surface area contributed by atoms with Crippen LogP contribution in [0.5, 0.6) is 0 Å². The summed E-state index contributed by atoms with van der Waals surface area (Å²) in [6, 6.07) is 0.590. The van der Waals surface area contributed by atoms with E-state index in [0.29, 0.717) is 6.04 Å². The van der Waals surface area contributed by atoms with Crippen molar-refractivity contribution in [2.24, 2.45) is 0 Å². The summed E-state index contributed by atoms with van der Waals surface area (Å²) >= 11 is 1.71. The van der Waals surface area contributed by atoms with Gasteiger partial charge >= 0.3 is 0 Å². The predicted molar refractivity (Wildman–Crippen MR) is 53.4 cm³/mol. The van der Waals surface area contributed by atoms with Gasteiger partial charge in [0, 0.05) is 18.0 Å². The fourth-order valence-electron chi connectivity index (χ4n) is 0.913. The van der Waals surface area contributed by atoms with Gasteiger partial charge in [-0.05, 0) is 20.3 Å². The highest BCUT2D eigenvalue weighted by Gasteiger charge is 2.00. The Morgan fingerprint density at radius 1 is 1.67 bits per heavy atom. The minimum Gasteiger partial charge on any atom is -0.309 e. The highest BCUT2D eigenvalue weighted by atomic mass is 32.1. The molecule has 0 aliphatic rings. The lowest BCUT2D eigenvalue weighted by atomic mass is 10.2. The first-order valence-corrected chi connectivity index (χ1v) is 5.24. The molecule has 1 atom stereocenters. The summed E-state index contributed by atoms with van der Waals surface area (Å²) in [5.41, 5.74) is 1.16. The molecule has 0 radical (unpaired) electrons. The maximum atomic E-state index is 4.37. The molecule has 0 spiro atoms. The summed E-state index contributed by atoms with van der Waals surface area (Å²) in [7, 11) is 0. The molecule has 68 valence electrons. The van der Waals surface area contributed by atoms with Gasteiger partial charge in [-0.2, -0.15) is 0 Å². The topological polar surface area (TPSA) is 24.9 Å². The van der Waals surface area contributed by atoms with E-state index in [0.717, 1.165) is 17.2 Å². The van der Waals surface area contributed by atoms with Crippen LogP contribution < -0.4 is 5.32 Å². The predicted octanol–water partition coefficient (Wildman–Crippen LogP) is 2.34. The first kappa shape index (κ1) is 9.68. The minimum absolute atomic E-state index is 0.590. The van der Waals surface area contributed by atoms with Gasteiger partial charge in [0.25, 0.3) is 0 Å². The smallest absolute Gasteiger partial charge is 0.0897 e. The third kappa shape index (κ3) is 2.91. The van der Waals surface area contributed by atoms with Gasteiger partial charge in [-0.1, -0.05) is 6.92 Å². The number of hydrogen-bond donors (Lipinski definition) is 1. The van der Waals surface area contributed by atoms with Crippen molar-refractivity contribution in [3.8, 4) is 0 Å². The van der Waals surface area contributed by atoms with Crippen molar-refractivity contribution >= 4 is 11.3 Å². The lowest BCUT2D eigenvalue weighted by Gasteiger charge is -2.08. The number of rotatable bonds is 4. The van der Waals surface area contributed by atoms with Gasteiger partial charge in [0.2, 0.25) is 0 Å². The Morgan fingerprint density at radius 3 is 2.92 bits per heavy atom. The van der Waals surface area contributed by atoms with Crippen LogP contribution in [0.15, 0.2) is 5.38 Å². The second-order valence-corrected chi connectivity index (χ2v) is 4.11. The largest absolute Gasteiger partial charge is 0.309 e. The van der Waals surface area contributed by atoms with Crippen molar-refractivity contribution in [2.45, 2.75) is 39.8 Å².